The number of carbonyl (C=O) groups is 1. The van der Waals surface area contributed by atoms with E-state index in [1.807, 2.05) is 25.1 Å². The van der Waals surface area contributed by atoms with Gasteiger partial charge in [-0.2, -0.15) is 0 Å². The number of aryl methyl sites for hydroxylation is 1. The van der Waals surface area contributed by atoms with Crippen molar-refractivity contribution in [2.24, 2.45) is 0 Å². The third-order valence-electron chi connectivity index (χ3n) is 3.81. The zero-order valence-electron chi connectivity index (χ0n) is 13.0. The minimum Gasteiger partial charge on any atom is -0.376 e. The molecule has 1 atom stereocenters. The number of fused-ring (bicyclic) bond motifs is 1. The van der Waals surface area contributed by atoms with Crippen LogP contribution < -0.4 is 0 Å². The Hall–Kier alpha value is -1.92. The summed E-state index contributed by atoms with van der Waals surface area (Å²) >= 11 is 0. The molecule has 3 rings (SSSR count). The summed E-state index contributed by atoms with van der Waals surface area (Å²) in [6, 6.07) is 5.88. The number of benzene rings is 1. The fourth-order valence-corrected chi connectivity index (χ4v) is 2.65. The average Bonchev–Trinajstić information content (AvgIpc) is 2.87. The quantitative estimate of drug-likeness (QED) is 0.924. The van der Waals surface area contributed by atoms with Crippen molar-refractivity contribution in [1.82, 2.24) is 14.9 Å². The van der Waals surface area contributed by atoms with E-state index in [1.54, 1.807) is 11.9 Å². The molecule has 1 aliphatic rings. The summed E-state index contributed by atoms with van der Waals surface area (Å²) < 4.78 is 10.9. The lowest BCUT2D eigenvalue weighted by molar-refractivity contribution is -0.135. The number of nitrogens with one attached hydrogen (secondary N) is 1. The standard InChI is InChI=1S/C16H21N3O3/c1-11-17-14-4-3-12(7-15(14)18-11)8-16(20)19(2)9-13-10-21-5-6-22-13/h3-4,7,13H,5-6,8-10H2,1-2H3,(H,17,18). The van der Waals surface area contributed by atoms with Crippen molar-refractivity contribution < 1.29 is 14.3 Å². The number of amides is 1. The molecule has 1 amide bonds. The number of hydrogen-bond acceptors (Lipinski definition) is 4. The largest absolute Gasteiger partial charge is 0.376 e. The molecular weight excluding hydrogens is 282 g/mol. The number of imidazole rings is 1. The topological polar surface area (TPSA) is 67.5 Å². The summed E-state index contributed by atoms with van der Waals surface area (Å²) in [7, 11) is 1.80. The third kappa shape index (κ3) is 3.45. The first kappa shape index (κ1) is 15.0. The van der Waals surface area contributed by atoms with Crippen molar-refractivity contribution in [2.75, 3.05) is 33.4 Å². The van der Waals surface area contributed by atoms with Gasteiger partial charge in [-0.3, -0.25) is 4.79 Å². The summed E-state index contributed by atoms with van der Waals surface area (Å²) in [6.45, 7) is 4.27. The van der Waals surface area contributed by atoms with Gasteiger partial charge in [0.2, 0.25) is 5.91 Å². The number of carbonyl (C=O) groups excluding carboxylic acids is 1. The van der Waals surface area contributed by atoms with Gasteiger partial charge in [-0.1, -0.05) is 6.07 Å². The summed E-state index contributed by atoms with van der Waals surface area (Å²) in [4.78, 5) is 21.6. The molecule has 1 aromatic heterocycles. The maximum Gasteiger partial charge on any atom is 0.226 e. The monoisotopic (exact) mass is 303 g/mol. The Morgan fingerprint density at radius 2 is 2.32 bits per heavy atom. The zero-order valence-corrected chi connectivity index (χ0v) is 13.0. The lowest BCUT2D eigenvalue weighted by Crippen LogP contribution is -2.41. The van der Waals surface area contributed by atoms with Crippen LogP contribution in [0.5, 0.6) is 0 Å². The molecule has 6 nitrogen and oxygen atoms in total. The second-order valence-corrected chi connectivity index (χ2v) is 5.69. The molecule has 1 aliphatic heterocycles. The first-order valence-electron chi connectivity index (χ1n) is 7.50. The maximum absolute atomic E-state index is 12.3. The highest BCUT2D eigenvalue weighted by molar-refractivity contribution is 5.81. The van der Waals surface area contributed by atoms with E-state index in [0.29, 0.717) is 32.8 Å². The Morgan fingerprint density at radius 1 is 1.45 bits per heavy atom. The fourth-order valence-electron chi connectivity index (χ4n) is 2.65. The lowest BCUT2D eigenvalue weighted by atomic mass is 10.1. The molecule has 0 radical (unpaired) electrons. The van der Waals surface area contributed by atoms with E-state index in [9.17, 15) is 4.79 Å². The minimum atomic E-state index is -0.0274. The fraction of sp³-hybridized carbons (Fsp3) is 0.500. The Morgan fingerprint density at radius 3 is 3.09 bits per heavy atom. The number of rotatable bonds is 4. The van der Waals surface area contributed by atoms with Crippen molar-refractivity contribution in [3.05, 3.63) is 29.6 Å². The van der Waals surface area contributed by atoms with Crippen LogP contribution in [0.3, 0.4) is 0 Å². The van der Waals surface area contributed by atoms with Gasteiger partial charge >= 0.3 is 0 Å². The van der Waals surface area contributed by atoms with E-state index < -0.39 is 0 Å². The predicted molar refractivity (Wildman–Crippen MR) is 82.7 cm³/mol. The van der Waals surface area contributed by atoms with Crippen LogP contribution in [-0.2, 0) is 20.7 Å². The molecule has 2 heterocycles. The molecular formula is C16H21N3O3. The number of ether oxygens (including phenoxy) is 2. The molecule has 0 spiro atoms. The zero-order chi connectivity index (χ0) is 15.5. The molecule has 1 saturated heterocycles. The van der Waals surface area contributed by atoms with Gasteiger partial charge in [-0.05, 0) is 24.6 Å². The number of nitrogens with zero attached hydrogens (tertiary/aromatic N) is 2. The van der Waals surface area contributed by atoms with Crippen LogP contribution in [-0.4, -0.2) is 60.3 Å². The van der Waals surface area contributed by atoms with Gasteiger partial charge in [-0.15, -0.1) is 0 Å². The predicted octanol–water partition coefficient (Wildman–Crippen LogP) is 1.29. The van der Waals surface area contributed by atoms with E-state index in [-0.39, 0.29) is 12.0 Å². The van der Waals surface area contributed by atoms with Crippen molar-refractivity contribution in [3.8, 4) is 0 Å². The summed E-state index contributed by atoms with van der Waals surface area (Å²) in [6.07, 6.45) is 0.346. The number of H-pyrrole nitrogens is 1. The summed E-state index contributed by atoms with van der Waals surface area (Å²) in [5.41, 5.74) is 2.87. The van der Waals surface area contributed by atoms with Crippen LogP contribution in [0.2, 0.25) is 0 Å². The minimum absolute atomic E-state index is 0.0274. The summed E-state index contributed by atoms with van der Waals surface area (Å²) in [5, 5.41) is 0. The Balaban J connectivity index is 1.61. The van der Waals surface area contributed by atoms with Gasteiger partial charge in [0.15, 0.2) is 0 Å². The Kier molecular flexibility index (Phi) is 4.40. The van der Waals surface area contributed by atoms with E-state index in [1.165, 1.54) is 0 Å². The van der Waals surface area contributed by atoms with Gasteiger partial charge in [-0.25, -0.2) is 4.98 Å². The van der Waals surface area contributed by atoms with Crippen LogP contribution in [0.15, 0.2) is 18.2 Å². The first-order chi connectivity index (χ1) is 10.6. The first-order valence-corrected chi connectivity index (χ1v) is 7.50. The highest BCUT2D eigenvalue weighted by atomic mass is 16.6. The highest BCUT2D eigenvalue weighted by Crippen LogP contribution is 2.14. The number of hydrogen-bond donors (Lipinski definition) is 1. The van der Waals surface area contributed by atoms with Gasteiger partial charge in [0.1, 0.15) is 5.82 Å². The molecule has 0 aliphatic carbocycles. The van der Waals surface area contributed by atoms with Crippen LogP contribution in [0.4, 0.5) is 0 Å². The molecule has 2 aromatic rings. The highest BCUT2D eigenvalue weighted by Gasteiger charge is 2.19. The SMILES string of the molecule is Cc1nc2ccc(CC(=O)N(C)CC3COCCO3)cc2[nH]1. The molecule has 1 unspecified atom stereocenters. The third-order valence-corrected chi connectivity index (χ3v) is 3.81. The molecule has 1 N–H and O–H groups in total. The lowest BCUT2D eigenvalue weighted by Gasteiger charge is -2.27. The van der Waals surface area contributed by atoms with Crippen LogP contribution in [0.1, 0.15) is 11.4 Å². The second-order valence-electron chi connectivity index (χ2n) is 5.69. The Labute approximate surface area is 129 Å². The van der Waals surface area contributed by atoms with E-state index in [0.717, 1.165) is 22.4 Å². The Bertz CT molecular complexity index is 662. The van der Waals surface area contributed by atoms with Gasteiger partial charge in [0.05, 0.1) is 43.4 Å². The maximum atomic E-state index is 12.3. The van der Waals surface area contributed by atoms with Crippen molar-refractivity contribution in [3.63, 3.8) is 0 Å². The molecule has 0 bridgehead atoms. The van der Waals surface area contributed by atoms with E-state index in [2.05, 4.69) is 9.97 Å². The molecule has 1 fully saturated rings. The van der Waals surface area contributed by atoms with Gasteiger partial charge < -0.3 is 19.4 Å². The van der Waals surface area contributed by atoms with Crippen molar-refractivity contribution in [2.45, 2.75) is 19.4 Å². The van der Waals surface area contributed by atoms with Crippen LogP contribution >= 0.6 is 0 Å². The summed E-state index contributed by atoms with van der Waals surface area (Å²) in [5.74, 6) is 0.954. The molecule has 6 heteroatoms. The number of aromatic nitrogens is 2. The van der Waals surface area contributed by atoms with Gasteiger partial charge in [0, 0.05) is 13.6 Å². The number of aromatic amines is 1. The second kappa shape index (κ2) is 6.46. The smallest absolute Gasteiger partial charge is 0.226 e. The normalized spacial score (nSPS) is 18.5. The van der Waals surface area contributed by atoms with E-state index in [4.69, 9.17) is 9.47 Å². The molecule has 118 valence electrons. The van der Waals surface area contributed by atoms with Crippen LogP contribution in [0.25, 0.3) is 11.0 Å². The van der Waals surface area contributed by atoms with Gasteiger partial charge in [0.25, 0.3) is 0 Å². The number of likely N-dealkylation sites (N-methyl/N-ethyl adjacent to an activating group) is 1. The average molecular weight is 303 g/mol. The van der Waals surface area contributed by atoms with Crippen molar-refractivity contribution >= 4 is 16.9 Å². The molecule has 0 saturated carbocycles. The molecule has 22 heavy (non-hydrogen) atoms. The van der Waals surface area contributed by atoms with E-state index >= 15 is 0 Å². The van der Waals surface area contributed by atoms with Crippen LogP contribution in [0, 0.1) is 6.92 Å². The molecule has 1 aromatic carbocycles. The van der Waals surface area contributed by atoms with Crippen molar-refractivity contribution in [1.29, 1.82) is 0 Å².